The zero-order valence-corrected chi connectivity index (χ0v) is 12.7. The summed E-state index contributed by atoms with van der Waals surface area (Å²) in [5, 5.41) is 0. The van der Waals surface area contributed by atoms with E-state index in [1.54, 1.807) is 0 Å². The molecule has 1 aliphatic heterocycles. The van der Waals surface area contributed by atoms with Gasteiger partial charge in [0.15, 0.2) is 0 Å². The molecule has 2 N–H and O–H groups in total. The highest BCUT2D eigenvalue weighted by molar-refractivity contribution is 5.21. The van der Waals surface area contributed by atoms with E-state index in [9.17, 15) is 0 Å². The van der Waals surface area contributed by atoms with Gasteiger partial charge in [0.1, 0.15) is 0 Å². The van der Waals surface area contributed by atoms with Gasteiger partial charge in [-0.1, -0.05) is 27.7 Å². The van der Waals surface area contributed by atoms with Gasteiger partial charge in [0.2, 0.25) is 0 Å². The zero-order chi connectivity index (χ0) is 13.6. The fraction of sp³-hybridized carbons (Fsp3) is 1.00. The number of likely N-dealkylation sites (N-methyl/N-ethyl adjacent to an activating group) is 1. The van der Waals surface area contributed by atoms with Crippen molar-refractivity contribution in [3.8, 4) is 0 Å². The van der Waals surface area contributed by atoms with Gasteiger partial charge < -0.3 is 15.4 Å². The Balaban J connectivity index is 2.07. The van der Waals surface area contributed by atoms with Crippen molar-refractivity contribution in [2.75, 3.05) is 20.2 Å². The zero-order valence-electron chi connectivity index (χ0n) is 12.7. The third-order valence-electron chi connectivity index (χ3n) is 5.74. The van der Waals surface area contributed by atoms with Gasteiger partial charge in [-0.15, -0.1) is 0 Å². The summed E-state index contributed by atoms with van der Waals surface area (Å²) in [7, 11) is 2.23. The lowest BCUT2D eigenvalue weighted by Gasteiger charge is -2.63. The molecule has 2 fully saturated rings. The van der Waals surface area contributed by atoms with Crippen LogP contribution in [0.4, 0.5) is 0 Å². The molecule has 2 aliphatic rings. The third kappa shape index (κ3) is 1.83. The summed E-state index contributed by atoms with van der Waals surface area (Å²) in [6.45, 7) is 11.0. The lowest BCUT2D eigenvalue weighted by atomic mass is 9.48. The maximum atomic E-state index is 6.79. The molecule has 0 radical (unpaired) electrons. The summed E-state index contributed by atoms with van der Waals surface area (Å²) < 4.78 is 5.86. The maximum Gasteiger partial charge on any atom is 0.0691 e. The second-order valence-electron chi connectivity index (χ2n) is 6.83. The first-order chi connectivity index (χ1) is 8.38. The normalized spacial score (nSPS) is 38.0. The van der Waals surface area contributed by atoms with E-state index in [1.807, 2.05) is 0 Å². The van der Waals surface area contributed by atoms with Gasteiger partial charge in [0.05, 0.1) is 6.10 Å². The summed E-state index contributed by atoms with van der Waals surface area (Å²) in [6, 6.07) is 0.655. The quantitative estimate of drug-likeness (QED) is 0.818. The minimum Gasteiger partial charge on any atom is -0.377 e. The van der Waals surface area contributed by atoms with E-state index in [2.05, 4.69) is 39.6 Å². The van der Waals surface area contributed by atoms with Crippen LogP contribution in [-0.4, -0.2) is 42.8 Å². The Hall–Kier alpha value is -0.120. The maximum absolute atomic E-state index is 6.79. The molecule has 1 saturated heterocycles. The first-order valence-corrected chi connectivity index (χ1v) is 7.49. The summed E-state index contributed by atoms with van der Waals surface area (Å²) in [5.74, 6) is 0.560. The lowest BCUT2D eigenvalue weighted by Crippen LogP contribution is -2.78. The van der Waals surface area contributed by atoms with Gasteiger partial charge in [-0.2, -0.15) is 0 Å². The molecular weight excluding hydrogens is 224 g/mol. The van der Waals surface area contributed by atoms with Crippen LogP contribution >= 0.6 is 0 Å². The molecule has 1 aliphatic carbocycles. The molecule has 0 amide bonds. The Bertz CT molecular complexity index is 301. The summed E-state index contributed by atoms with van der Waals surface area (Å²) in [6.07, 6.45) is 3.93. The second kappa shape index (κ2) is 4.77. The molecule has 1 heterocycles. The summed E-state index contributed by atoms with van der Waals surface area (Å²) >= 11 is 0. The number of nitrogens with two attached hydrogens (primary N) is 1. The predicted octanol–water partition coefficient (Wildman–Crippen LogP) is 2.25. The van der Waals surface area contributed by atoms with Crippen molar-refractivity contribution >= 4 is 0 Å². The Kier molecular flexibility index (Phi) is 3.79. The van der Waals surface area contributed by atoms with Gasteiger partial charge in [0, 0.05) is 36.1 Å². The molecule has 106 valence electrons. The smallest absolute Gasteiger partial charge is 0.0691 e. The first-order valence-electron chi connectivity index (χ1n) is 7.49. The Morgan fingerprint density at radius 2 is 1.94 bits per heavy atom. The number of hydrogen-bond donors (Lipinski definition) is 1. The van der Waals surface area contributed by atoms with Crippen LogP contribution in [0.15, 0.2) is 0 Å². The van der Waals surface area contributed by atoms with Crippen LogP contribution in [0.25, 0.3) is 0 Å². The van der Waals surface area contributed by atoms with Crippen molar-refractivity contribution in [1.29, 1.82) is 0 Å². The van der Waals surface area contributed by atoms with E-state index in [4.69, 9.17) is 10.5 Å². The molecule has 3 unspecified atom stereocenters. The van der Waals surface area contributed by atoms with Crippen molar-refractivity contribution < 1.29 is 4.74 Å². The average Bonchev–Trinajstić information content (AvgIpc) is 2.78. The molecule has 18 heavy (non-hydrogen) atoms. The molecule has 1 saturated carbocycles. The van der Waals surface area contributed by atoms with Crippen molar-refractivity contribution in [2.45, 2.75) is 64.6 Å². The van der Waals surface area contributed by atoms with Gasteiger partial charge in [-0.25, -0.2) is 0 Å². The van der Waals surface area contributed by atoms with E-state index in [-0.39, 0.29) is 11.0 Å². The lowest BCUT2D eigenvalue weighted by molar-refractivity contribution is -0.164. The fourth-order valence-corrected chi connectivity index (χ4v) is 4.25. The minimum absolute atomic E-state index is 0.0779. The first kappa shape index (κ1) is 14.3. The number of rotatable bonds is 5. The van der Waals surface area contributed by atoms with Gasteiger partial charge in [-0.05, 0) is 26.3 Å². The standard InChI is InChI=1S/C15H30N2O/c1-6-11(7-2)17(5)10-15(16)12-8-9-18-13(12)14(15,3)4/h11-13H,6-10,16H2,1-5H3. The fourth-order valence-electron chi connectivity index (χ4n) is 4.25. The second-order valence-corrected chi connectivity index (χ2v) is 6.83. The number of hydrogen-bond acceptors (Lipinski definition) is 3. The highest BCUT2D eigenvalue weighted by Crippen LogP contribution is 2.58. The van der Waals surface area contributed by atoms with Gasteiger partial charge in [0.25, 0.3) is 0 Å². The molecule has 0 bridgehead atoms. The molecule has 0 aromatic heterocycles. The van der Waals surface area contributed by atoms with E-state index in [0.29, 0.717) is 18.1 Å². The van der Waals surface area contributed by atoms with Crippen molar-refractivity contribution in [2.24, 2.45) is 17.1 Å². The van der Waals surface area contributed by atoms with Crippen LogP contribution in [0.1, 0.15) is 47.0 Å². The third-order valence-corrected chi connectivity index (χ3v) is 5.74. The van der Waals surface area contributed by atoms with Crippen LogP contribution in [0, 0.1) is 11.3 Å². The molecule has 0 spiro atoms. The molecule has 0 aromatic rings. The Morgan fingerprint density at radius 3 is 2.50 bits per heavy atom. The number of fused-ring (bicyclic) bond motifs is 1. The highest BCUT2D eigenvalue weighted by Gasteiger charge is 2.67. The molecule has 0 aromatic carbocycles. The number of nitrogens with zero attached hydrogens (tertiary/aromatic N) is 1. The van der Waals surface area contributed by atoms with E-state index >= 15 is 0 Å². The monoisotopic (exact) mass is 254 g/mol. The predicted molar refractivity (Wildman–Crippen MR) is 75.5 cm³/mol. The topological polar surface area (TPSA) is 38.5 Å². The largest absolute Gasteiger partial charge is 0.377 e. The Morgan fingerprint density at radius 1 is 1.33 bits per heavy atom. The molecule has 3 heteroatoms. The minimum atomic E-state index is -0.0779. The van der Waals surface area contributed by atoms with Crippen LogP contribution in [0.5, 0.6) is 0 Å². The number of ether oxygens (including phenoxy) is 1. The highest BCUT2D eigenvalue weighted by atomic mass is 16.5. The molecule has 3 nitrogen and oxygen atoms in total. The summed E-state index contributed by atoms with van der Waals surface area (Å²) in [4.78, 5) is 2.47. The van der Waals surface area contributed by atoms with Crippen molar-refractivity contribution in [3.05, 3.63) is 0 Å². The average molecular weight is 254 g/mol. The Labute approximate surface area is 112 Å². The SMILES string of the molecule is CCC(CC)N(C)CC1(N)C2CCOC2C1(C)C. The van der Waals surface area contributed by atoms with Crippen LogP contribution in [-0.2, 0) is 4.74 Å². The van der Waals surface area contributed by atoms with E-state index < -0.39 is 0 Å². The molecule has 3 atom stereocenters. The van der Waals surface area contributed by atoms with Crippen molar-refractivity contribution in [3.63, 3.8) is 0 Å². The van der Waals surface area contributed by atoms with Crippen molar-refractivity contribution in [1.82, 2.24) is 4.90 Å². The molecular formula is C15H30N2O. The van der Waals surface area contributed by atoms with Crippen LogP contribution in [0.2, 0.25) is 0 Å². The molecule has 2 rings (SSSR count). The van der Waals surface area contributed by atoms with Crippen LogP contribution < -0.4 is 5.73 Å². The van der Waals surface area contributed by atoms with Crippen LogP contribution in [0.3, 0.4) is 0 Å². The van der Waals surface area contributed by atoms with Gasteiger partial charge >= 0.3 is 0 Å². The van der Waals surface area contributed by atoms with Gasteiger partial charge in [-0.3, -0.25) is 0 Å². The van der Waals surface area contributed by atoms with E-state index in [0.717, 1.165) is 19.6 Å². The summed E-state index contributed by atoms with van der Waals surface area (Å²) in [5.41, 5.74) is 6.82. The van der Waals surface area contributed by atoms with E-state index in [1.165, 1.54) is 12.8 Å².